The van der Waals surface area contributed by atoms with Crippen molar-refractivity contribution in [1.82, 2.24) is 0 Å². The lowest BCUT2D eigenvalue weighted by Crippen LogP contribution is -1.97. The lowest BCUT2D eigenvalue weighted by Gasteiger charge is -1.75. The second-order valence-electron chi connectivity index (χ2n) is 0.224. The topological polar surface area (TPSA) is 127 Å². The molecule has 1 N–H and O–H groups in total. The smallest absolute Gasteiger partial charge is 0.276 e. The fraction of sp³-hybridized carbons (Fsp3) is 0. The molecule has 0 aliphatic heterocycles. The van der Waals surface area contributed by atoms with Gasteiger partial charge in [0.2, 0.25) is 0 Å². The van der Waals surface area contributed by atoms with Gasteiger partial charge in [0.25, 0.3) is 8.25 Å². The molecule has 0 saturated heterocycles. The van der Waals surface area contributed by atoms with E-state index in [0.717, 1.165) is 0 Å². The Kier molecular flexibility index (Phi) is 40.2. The first-order valence-electron chi connectivity index (χ1n) is 0.714. The molecule has 0 atom stereocenters. The molecule has 0 aromatic carbocycles. The quantitative estimate of drug-likeness (QED) is 0.356. The molecule has 0 spiro atoms. The van der Waals surface area contributed by atoms with Crippen molar-refractivity contribution in [2.24, 2.45) is 0 Å². The van der Waals surface area contributed by atoms with Gasteiger partial charge in [0.05, 0.1) is 0 Å². The minimum absolute atomic E-state index is 0. The van der Waals surface area contributed by atoms with E-state index in [1.54, 1.807) is 0 Å². The van der Waals surface area contributed by atoms with Crippen LogP contribution < -0.4 is 9.79 Å². The Morgan fingerprint density at radius 1 is 1.14 bits per heavy atom. The van der Waals surface area contributed by atoms with Crippen LogP contribution in [0.25, 0.3) is 0 Å². The molecule has 44 valence electrons. The first kappa shape index (κ1) is 16.0. The van der Waals surface area contributed by atoms with E-state index >= 15 is 0 Å². The van der Waals surface area contributed by atoms with Gasteiger partial charge in [-0.3, -0.25) is 0 Å². The van der Waals surface area contributed by atoms with Crippen LogP contribution in [0, 0.1) is 9.93 Å². The van der Waals surface area contributed by atoms with Crippen molar-refractivity contribution in [3.8, 4) is 0 Å². The van der Waals surface area contributed by atoms with Crippen LogP contribution >= 0.6 is 8.25 Å². The normalized spacial score (nSPS) is 4.29. The van der Waals surface area contributed by atoms with Crippen molar-refractivity contribution < 1.29 is 19.8 Å². The van der Waals surface area contributed by atoms with E-state index in [1.165, 1.54) is 0 Å². The van der Waals surface area contributed by atoms with Crippen LogP contribution in [0.2, 0.25) is 0 Å². The first-order chi connectivity index (χ1) is 2.73. The second-order valence-corrected chi connectivity index (χ2v) is 0.671. The minimum Gasteiger partial charge on any atom is -0.870 e. The summed E-state index contributed by atoms with van der Waals surface area (Å²) in [5, 5.41) is 0. The zero-order chi connectivity index (χ0) is 5.58. The van der Waals surface area contributed by atoms with E-state index in [2.05, 4.69) is 0 Å². The summed E-state index contributed by atoms with van der Waals surface area (Å²) in [5.41, 5.74) is 0. The maximum absolute atomic E-state index is 8.48. The third-order valence-corrected chi connectivity index (χ3v) is 0. The van der Waals surface area contributed by atoms with Gasteiger partial charge in [0.1, 0.15) is 0 Å². The Labute approximate surface area is 39.3 Å². The van der Waals surface area contributed by atoms with Crippen LogP contribution in [0.5, 0.6) is 0 Å². The van der Waals surface area contributed by atoms with Crippen LogP contribution in [0.4, 0.5) is 0 Å². The molecule has 7 heteroatoms. The number of rotatable bonds is 0. The third kappa shape index (κ3) is 405. The molecule has 0 aliphatic rings. The molecule has 0 bridgehead atoms. The van der Waals surface area contributed by atoms with Gasteiger partial charge >= 0.3 is 0 Å². The monoisotopic (exact) mass is 128 g/mol. The molecule has 0 aromatic heterocycles. The van der Waals surface area contributed by atoms with Gasteiger partial charge in [-0.05, 0) is 0 Å². The number of hydrogen-bond acceptors (Lipinski definition) is 6. The summed E-state index contributed by atoms with van der Waals surface area (Å²) < 4.78 is 8.48. The lowest BCUT2D eigenvalue weighted by molar-refractivity contribution is -0.297. The summed E-state index contributed by atoms with van der Waals surface area (Å²) in [5.74, 6) is 0. The molecule has 0 saturated carbocycles. The highest BCUT2D eigenvalue weighted by Gasteiger charge is 1.53. The summed E-state index contributed by atoms with van der Waals surface area (Å²) in [7, 11) is -3.37. The Bertz CT molecular complexity index is 35.4. The van der Waals surface area contributed by atoms with Crippen molar-refractivity contribution in [3.63, 3.8) is 0 Å². The first-order valence-corrected chi connectivity index (χ1v) is 1.81. The predicted octanol–water partition coefficient (Wildman–Crippen LogP) is -1.75. The third-order valence-electron chi connectivity index (χ3n) is 0. The molecule has 0 aromatic rings. The Balaban J connectivity index is -0.0000000480. The molecule has 0 unspecified atom stereocenters. The highest BCUT2D eigenvalue weighted by molar-refractivity contribution is 7.27. The van der Waals surface area contributed by atoms with Crippen LogP contribution in [0.3, 0.4) is 0 Å². The zero-order valence-corrected chi connectivity index (χ0v) is 3.83. The van der Waals surface area contributed by atoms with E-state index < -0.39 is 8.25 Å². The van der Waals surface area contributed by atoms with Crippen molar-refractivity contribution in [3.05, 3.63) is 9.93 Å². The van der Waals surface area contributed by atoms with Crippen LogP contribution in [-0.2, 0) is 4.57 Å². The summed E-state index contributed by atoms with van der Waals surface area (Å²) in [6.07, 6.45) is 0. The maximum atomic E-state index is 8.48. The fourth-order valence-corrected chi connectivity index (χ4v) is 0. The summed E-state index contributed by atoms with van der Waals surface area (Å²) in [6.45, 7) is 0. The summed E-state index contributed by atoms with van der Waals surface area (Å²) >= 11 is 0. The average Bonchev–Trinajstić information content (AvgIpc) is 1.41. The Morgan fingerprint density at radius 3 is 1.14 bits per heavy atom. The molecule has 0 fully saturated rings. The molecule has 0 rings (SSSR count). The minimum atomic E-state index is -3.37. The Hall–Kier alpha value is -0.420. The van der Waals surface area contributed by atoms with E-state index in [-0.39, 0.29) is 5.48 Å². The van der Waals surface area contributed by atoms with Gasteiger partial charge in [0.15, 0.2) is 0 Å². The standard InChI is InChI=1S/HO3P.O2.H2O/c1-4(2)3;1-2;/h(H,1,2,3);;1H2/p-2. The van der Waals surface area contributed by atoms with Gasteiger partial charge in [-0.2, -0.15) is 0 Å². The van der Waals surface area contributed by atoms with Gasteiger partial charge in [-0.1, -0.05) is 4.57 Å². The summed E-state index contributed by atoms with van der Waals surface area (Å²) in [4.78, 5) is 31.0. The second kappa shape index (κ2) is 17.6. The molecule has 0 aliphatic carbocycles. The molecule has 0 radical (unpaired) electrons. The summed E-state index contributed by atoms with van der Waals surface area (Å²) in [6, 6.07) is 0. The van der Waals surface area contributed by atoms with Crippen molar-refractivity contribution in [2.75, 3.05) is 0 Å². The van der Waals surface area contributed by atoms with Crippen LogP contribution in [-0.4, -0.2) is 5.48 Å². The van der Waals surface area contributed by atoms with E-state index in [9.17, 15) is 0 Å². The van der Waals surface area contributed by atoms with Gasteiger partial charge in [-0.25, -0.2) is 0 Å². The fourth-order valence-electron chi connectivity index (χ4n) is 0. The lowest BCUT2D eigenvalue weighted by atomic mass is 15.3. The van der Waals surface area contributed by atoms with E-state index in [1.807, 2.05) is 0 Å². The molecule has 0 heterocycles. The van der Waals surface area contributed by atoms with Crippen molar-refractivity contribution in [2.45, 2.75) is 0 Å². The zero-order valence-electron chi connectivity index (χ0n) is 2.94. The molecular formula is HO6P-2. The predicted molar refractivity (Wildman–Crippen MR) is 16.3 cm³/mol. The van der Waals surface area contributed by atoms with E-state index in [0.29, 0.717) is 0 Å². The van der Waals surface area contributed by atoms with Crippen molar-refractivity contribution >= 4 is 8.25 Å². The number of hydrogen-bond donors (Lipinski definition) is 0. The van der Waals surface area contributed by atoms with Crippen LogP contribution in [0.1, 0.15) is 0 Å². The highest BCUT2D eigenvalue weighted by atomic mass is 31.1. The maximum Gasteiger partial charge on any atom is 0.276 e. The molecule has 6 nitrogen and oxygen atoms in total. The molecule has 7 heavy (non-hydrogen) atoms. The average molecular weight is 128 g/mol. The largest absolute Gasteiger partial charge is 0.870 e. The molecule has 0 amide bonds. The van der Waals surface area contributed by atoms with Crippen LogP contribution in [0.15, 0.2) is 0 Å². The SMILES string of the molecule is O=O.O=[P+]([O-])[O-].[OH-]. The molecular weight excluding hydrogens is 127 g/mol. The highest BCUT2D eigenvalue weighted by Crippen LogP contribution is 1.79. The van der Waals surface area contributed by atoms with Gasteiger partial charge in [-0.15, -0.1) is 0 Å². The van der Waals surface area contributed by atoms with Crippen molar-refractivity contribution in [1.29, 1.82) is 0 Å². The van der Waals surface area contributed by atoms with Gasteiger partial charge in [0, 0.05) is 9.93 Å². The Morgan fingerprint density at radius 2 is 1.14 bits per heavy atom. The van der Waals surface area contributed by atoms with Gasteiger partial charge < -0.3 is 15.3 Å². The van der Waals surface area contributed by atoms with E-state index in [4.69, 9.17) is 24.3 Å².